The molecular formula is C11H24N2O3. The molecule has 3 N–H and O–H groups in total. The van der Waals surface area contributed by atoms with Gasteiger partial charge in [0.05, 0.1) is 13.2 Å². The van der Waals surface area contributed by atoms with Crippen LogP contribution in [0.25, 0.3) is 0 Å². The lowest BCUT2D eigenvalue weighted by atomic mass is 10.1. The zero-order chi connectivity index (χ0) is 12.2. The van der Waals surface area contributed by atoms with Gasteiger partial charge >= 0.3 is 0 Å². The van der Waals surface area contributed by atoms with Crippen LogP contribution in [0.15, 0.2) is 0 Å². The van der Waals surface area contributed by atoms with Crippen molar-refractivity contribution in [2.75, 3.05) is 40.0 Å². The third kappa shape index (κ3) is 9.89. The number of hydrogen-bond donors (Lipinski definition) is 2. The van der Waals surface area contributed by atoms with E-state index in [-0.39, 0.29) is 12.5 Å². The second kappa shape index (κ2) is 10.9. The zero-order valence-electron chi connectivity index (χ0n) is 10.3. The van der Waals surface area contributed by atoms with Crippen LogP contribution in [0.1, 0.15) is 19.8 Å². The van der Waals surface area contributed by atoms with Crippen molar-refractivity contribution in [2.24, 2.45) is 11.7 Å². The van der Waals surface area contributed by atoms with Crippen LogP contribution in [0.3, 0.4) is 0 Å². The highest BCUT2D eigenvalue weighted by molar-refractivity contribution is 5.77. The molecular weight excluding hydrogens is 208 g/mol. The zero-order valence-corrected chi connectivity index (χ0v) is 10.3. The fourth-order valence-electron chi connectivity index (χ4n) is 1.15. The molecule has 5 nitrogen and oxygen atoms in total. The molecule has 0 saturated heterocycles. The Morgan fingerprint density at radius 1 is 1.44 bits per heavy atom. The second-order valence-electron chi connectivity index (χ2n) is 3.88. The van der Waals surface area contributed by atoms with Gasteiger partial charge in [0, 0.05) is 13.7 Å². The maximum absolute atomic E-state index is 11.2. The Balaban J connectivity index is 3.24. The van der Waals surface area contributed by atoms with Crippen molar-refractivity contribution in [3.05, 3.63) is 0 Å². The van der Waals surface area contributed by atoms with E-state index in [0.29, 0.717) is 32.2 Å². The Labute approximate surface area is 97.7 Å². The van der Waals surface area contributed by atoms with Crippen molar-refractivity contribution in [1.29, 1.82) is 0 Å². The first kappa shape index (κ1) is 15.3. The largest absolute Gasteiger partial charge is 0.382 e. The molecule has 0 aliphatic heterocycles. The Kier molecular flexibility index (Phi) is 10.4. The lowest BCUT2D eigenvalue weighted by molar-refractivity contribution is -0.126. The maximum Gasteiger partial charge on any atom is 0.245 e. The van der Waals surface area contributed by atoms with Crippen molar-refractivity contribution in [3.8, 4) is 0 Å². The summed E-state index contributed by atoms with van der Waals surface area (Å²) in [4.78, 5) is 11.2. The number of amides is 1. The fraction of sp³-hybridized carbons (Fsp3) is 0.909. The molecule has 0 fully saturated rings. The third-order valence-corrected chi connectivity index (χ3v) is 2.26. The fourth-order valence-corrected chi connectivity index (χ4v) is 1.15. The molecule has 0 aromatic rings. The van der Waals surface area contributed by atoms with Gasteiger partial charge in [-0.05, 0) is 25.3 Å². The van der Waals surface area contributed by atoms with Gasteiger partial charge in [-0.1, -0.05) is 6.92 Å². The van der Waals surface area contributed by atoms with Gasteiger partial charge in [-0.25, -0.2) is 0 Å². The van der Waals surface area contributed by atoms with Crippen molar-refractivity contribution in [2.45, 2.75) is 19.8 Å². The van der Waals surface area contributed by atoms with Crippen molar-refractivity contribution in [1.82, 2.24) is 5.32 Å². The first-order valence-electron chi connectivity index (χ1n) is 5.74. The molecule has 0 radical (unpaired) electrons. The summed E-state index contributed by atoms with van der Waals surface area (Å²) in [6.07, 6.45) is 2.00. The number of methoxy groups -OCH3 is 1. The number of hydrogen-bond acceptors (Lipinski definition) is 4. The monoisotopic (exact) mass is 232 g/mol. The Morgan fingerprint density at radius 2 is 2.19 bits per heavy atom. The summed E-state index contributed by atoms with van der Waals surface area (Å²) in [5.74, 6) is 0.450. The van der Waals surface area contributed by atoms with E-state index in [1.54, 1.807) is 7.11 Å². The molecule has 1 amide bonds. The molecule has 0 rings (SSSR count). The van der Waals surface area contributed by atoms with Crippen LogP contribution in [-0.2, 0) is 14.3 Å². The van der Waals surface area contributed by atoms with Crippen LogP contribution >= 0.6 is 0 Å². The Hall–Kier alpha value is -0.650. The molecule has 0 aromatic heterocycles. The standard InChI is InChI=1S/C11H24N2O3/c1-10(8-12)4-3-5-13-11(14)9-16-7-6-15-2/h10H,3-9,12H2,1-2H3,(H,13,14). The molecule has 0 saturated carbocycles. The molecule has 0 bridgehead atoms. The minimum atomic E-state index is -0.0727. The van der Waals surface area contributed by atoms with E-state index in [4.69, 9.17) is 15.2 Å². The van der Waals surface area contributed by atoms with Crippen LogP contribution in [0.2, 0.25) is 0 Å². The van der Waals surface area contributed by atoms with Crippen LogP contribution < -0.4 is 11.1 Å². The molecule has 0 aliphatic rings. The van der Waals surface area contributed by atoms with Crippen LogP contribution in [0.4, 0.5) is 0 Å². The van der Waals surface area contributed by atoms with Gasteiger partial charge in [-0.15, -0.1) is 0 Å². The number of nitrogens with two attached hydrogens (primary N) is 1. The second-order valence-corrected chi connectivity index (χ2v) is 3.88. The molecule has 0 heterocycles. The predicted octanol–water partition coefficient (Wildman–Crippen LogP) is 0.141. The molecule has 5 heteroatoms. The summed E-state index contributed by atoms with van der Waals surface area (Å²) < 4.78 is 9.87. The first-order chi connectivity index (χ1) is 7.70. The predicted molar refractivity (Wildman–Crippen MR) is 63.2 cm³/mol. The Morgan fingerprint density at radius 3 is 2.81 bits per heavy atom. The van der Waals surface area contributed by atoms with Crippen LogP contribution in [0, 0.1) is 5.92 Å². The van der Waals surface area contributed by atoms with Crippen molar-refractivity contribution < 1.29 is 14.3 Å². The summed E-state index contributed by atoms with van der Waals surface area (Å²) in [5.41, 5.74) is 5.49. The number of ether oxygens (including phenoxy) is 2. The smallest absolute Gasteiger partial charge is 0.245 e. The van der Waals surface area contributed by atoms with Gasteiger partial charge in [-0.2, -0.15) is 0 Å². The number of rotatable bonds is 10. The van der Waals surface area contributed by atoms with E-state index in [0.717, 1.165) is 12.8 Å². The average Bonchev–Trinajstić information content (AvgIpc) is 2.30. The van der Waals surface area contributed by atoms with Crippen molar-refractivity contribution in [3.63, 3.8) is 0 Å². The van der Waals surface area contributed by atoms with Gasteiger partial charge in [0.2, 0.25) is 5.91 Å². The van der Waals surface area contributed by atoms with E-state index < -0.39 is 0 Å². The highest BCUT2D eigenvalue weighted by Crippen LogP contribution is 2.01. The van der Waals surface area contributed by atoms with Crippen molar-refractivity contribution >= 4 is 5.91 Å². The number of carbonyl (C=O) groups is 1. The van der Waals surface area contributed by atoms with E-state index in [9.17, 15) is 4.79 Å². The normalized spacial score (nSPS) is 12.4. The summed E-state index contributed by atoms with van der Waals surface area (Å²) in [7, 11) is 1.60. The summed E-state index contributed by atoms with van der Waals surface area (Å²) in [6, 6.07) is 0. The molecule has 0 spiro atoms. The highest BCUT2D eigenvalue weighted by atomic mass is 16.5. The SMILES string of the molecule is COCCOCC(=O)NCCCC(C)CN. The first-order valence-corrected chi connectivity index (χ1v) is 5.74. The lowest BCUT2D eigenvalue weighted by Crippen LogP contribution is -2.29. The number of carbonyl (C=O) groups excluding carboxylic acids is 1. The highest BCUT2D eigenvalue weighted by Gasteiger charge is 2.02. The van der Waals surface area contributed by atoms with Crippen LogP contribution in [-0.4, -0.2) is 45.9 Å². The molecule has 0 aromatic carbocycles. The quantitative estimate of drug-likeness (QED) is 0.525. The topological polar surface area (TPSA) is 73.6 Å². The van der Waals surface area contributed by atoms with E-state index in [2.05, 4.69) is 12.2 Å². The average molecular weight is 232 g/mol. The molecule has 1 atom stereocenters. The van der Waals surface area contributed by atoms with Gasteiger partial charge < -0.3 is 20.5 Å². The van der Waals surface area contributed by atoms with E-state index >= 15 is 0 Å². The van der Waals surface area contributed by atoms with E-state index in [1.165, 1.54) is 0 Å². The summed E-state index contributed by atoms with van der Waals surface area (Å²) >= 11 is 0. The van der Waals surface area contributed by atoms with Gasteiger partial charge in [0.15, 0.2) is 0 Å². The molecule has 16 heavy (non-hydrogen) atoms. The number of nitrogens with one attached hydrogen (secondary N) is 1. The minimum Gasteiger partial charge on any atom is -0.382 e. The molecule has 96 valence electrons. The minimum absolute atomic E-state index is 0.0727. The van der Waals surface area contributed by atoms with Gasteiger partial charge in [0.1, 0.15) is 6.61 Å². The molecule has 1 unspecified atom stereocenters. The third-order valence-electron chi connectivity index (χ3n) is 2.26. The van der Waals surface area contributed by atoms with E-state index in [1.807, 2.05) is 0 Å². The van der Waals surface area contributed by atoms with Crippen LogP contribution in [0.5, 0.6) is 0 Å². The van der Waals surface area contributed by atoms with Gasteiger partial charge in [-0.3, -0.25) is 4.79 Å². The lowest BCUT2D eigenvalue weighted by Gasteiger charge is -2.09. The maximum atomic E-state index is 11.2. The summed E-state index contributed by atoms with van der Waals surface area (Å²) in [6.45, 7) is 4.58. The Bertz CT molecular complexity index is 177. The van der Waals surface area contributed by atoms with Gasteiger partial charge in [0.25, 0.3) is 0 Å². The molecule has 0 aliphatic carbocycles. The summed E-state index contributed by atoms with van der Waals surface area (Å²) in [5, 5.41) is 2.79.